The molecule has 1 aromatic rings. The number of carboxylic acid groups (broad SMARTS) is 1. The smallest absolute Gasteiger partial charge is 0.404 e. The summed E-state index contributed by atoms with van der Waals surface area (Å²) in [6.07, 6.45) is -1.01. The van der Waals surface area contributed by atoms with Crippen LogP contribution in [0.5, 0.6) is 5.75 Å². The second-order valence-corrected chi connectivity index (χ2v) is 5.18. The van der Waals surface area contributed by atoms with Crippen LogP contribution >= 0.6 is 0 Å². The fraction of sp³-hybridized carbons (Fsp3) is 0.500. The van der Waals surface area contributed by atoms with E-state index in [1.807, 2.05) is 33.8 Å². The van der Waals surface area contributed by atoms with Crippen LogP contribution in [0.25, 0.3) is 0 Å². The molecule has 1 aromatic carbocycles. The number of hydrogen-bond acceptors (Lipinski definition) is 2. The highest BCUT2D eigenvalue weighted by molar-refractivity contribution is 5.64. The van der Waals surface area contributed by atoms with E-state index in [0.29, 0.717) is 6.54 Å². The monoisotopic (exact) mass is 251 g/mol. The third-order valence-electron chi connectivity index (χ3n) is 3.23. The summed E-state index contributed by atoms with van der Waals surface area (Å²) in [6.45, 7) is 8.41. The largest absolute Gasteiger partial charge is 0.496 e. The Hall–Kier alpha value is -1.71. The summed E-state index contributed by atoms with van der Waals surface area (Å²) in [5.74, 6) is 0.801. The zero-order valence-corrected chi connectivity index (χ0v) is 11.6. The first-order chi connectivity index (χ1) is 8.27. The van der Waals surface area contributed by atoms with Crippen LogP contribution in [0.3, 0.4) is 0 Å². The minimum absolute atomic E-state index is 0.317. The van der Waals surface area contributed by atoms with E-state index in [9.17, 15) is 4.79 Å². The predicted octanol–water partition coefficient (Wildman–Crippen LogP) is 2.86. The number of methoxy groups -OCH3 is 1. The lowest BCUT2D eigenvalue weighted by atomic mass is 9.82. The van der Waals surface area contributed by atoms with Gasteiger partial charge in [-0.05, 0) is 31.0 Å². The van der Waals surface area contributed by atoms with Gasteiger partial charge in [0.25, 0.3) is 0 Å². The lowest BCUT2D eigenvalue weighted by Crippen LogP contribution is -2.36. The fourth-order valence-corrected chi connectivity index (χ4v) is 1.88. The van der Waals surface area contributed by atoms with Crippen molar-refractivity contribution in [2.24, 2.45) is 0 Å². The molecule has 18 heavy (non-hydrogen) atoms. The second kappa shape index (κ2) is 5.29. The van der Waals surface area contributed by atoms with E-state index in [1.54, 1.807) is 7.11 Å². The first-order valence-corrected chi connectivity index (χ1v) is 5.90. The fourth-order valence-electron chi connectivity index (χ4n) is 1.88. The highest BCUT2D eigenvalue weighted by atomic mass is 16.5. The van der Waals surface area contributed by atoms with E-state index < -0.39 is 6.09 Å². The number of hydrogen-bond donors (Lipinski definition) is 2. The van der Waals surface area contributed by atoms with Crippen LogP contribution < -0.4 is 10.1 Å². The van der Waals surface area contributed by atoms with Crippen LogP contribution in [0.1, 0.15) is 30.5 Å². The Balaban J connectivity index is 3.13. The van der Waals surface area contributed by atoms with Crippen molar-refractivity contribution in [1.29, 1.82) is 0 Å². The first-order valence-electron chi connectivity index (χ1n) is 5.90. The molecule has 0 spiro atoms. The molecule has 0 saturated heterocycles. The summed E-state index contributed by atoms with van der Waals surface area (Å²) in [7, 11) is 1.63. The summed E-state index contributed by atoms with van der Waals surface area (Å²) >= 11 is 0. The average Bonchev–Trinajstić information content (AvgIpc) is 2.29. The van der Waals surface area contributed by atoms with Crippen LogP contribution in [-0.2, 0) is 5.41 Å². The third-order valence-corrected chi connectivity index (χ3v) is 3.23. The molecular formula is C14H21NO3. The topological polar surface area (TPSA) is 58.6 Å². The van der Waals surface area contributed by atoms with Gasteiger partial charge in [-0.2, -0.15) is 0 Å². The van der Waals surface area contributed by atoms with Gasteiger partial charge in [-0.15, -0.1) is 0 Å². The molecule has 1 rings (SSSR count). The van der Waals surface area contributed by atoms with Gasteiger partial charge in [0.2, 0.25) is 0 Å². The Morgan fingerprint density at radius 3 is 2.39 bits per heavy atom. The van der Waals surface area contributed by atoms with Crippen molar-refractivity contribution >= 4 is 6.09 Å². The van der Waals surface area contributed by atoms with Crippen molar-refractivity contribution in [3.63, 3.8) is 0 Å². The van der Waals surface area contributed by atoms with E-state index >= 15 is 0 Å². The van der Waals surface area contributed by atoms with Gasteiger partial charge >= 0.3 is 6.09 Å². The molecule has 2 N–H and O–H groups in total. The summed E-state index contributed by atoms with van der Waals surface area (Å²) in [4.78, 5) is 10.6. The summed E-state index contributed by atoms with van der Waals surface area (Å²) in [5.41, 5.74) is 3.04. The van der Waals surface area contributed by atoms with Crippen molar-refractivity contribution in [2.45, 2.75) is 33.1 Å². The summed E-state index contributed by atoms with van der Waals surface area (Å²) in [5, 5.41) is 11.1. The average molecular weight is 251 g/mol. The Kier molecular flexibility index (Phi) is 4.22. The molecule has 4 heteroatoms. The van der Waals surface area contributed by atoms with Gasteiger partial charge in [0.1, 0.15) is 5.75 Å². The van der Waals surface area contributed by atoms with Crippen LogP contribution in [-0.4, -0.2) is 24.9 Å². The maximum absolute atomic E-state index is 10.6. The highest BCUT2D eigenvalue weighted by Crippen LogP contribution is 2.33. The molecule has 0 atom stereocenters. The number of benzene rings is 1. The molecule has 0 aliphatic carbocycles. The van der Waals surface area contributed by atoms with E-state index in [-0.39, 0.29) is 5.41 Å². The van der Waals surface area contributed by atoms with E-state index in [1.165, 1.54) is 5.56 Å². The molecule has 0 aliphatic rings. The van der Waals surface area contributed by atoms with Gasteiger partial charge in [0.15, 0.2) is 0 Å². The van der Waals surface area contributed by atoms with Gasteiger partial charge in [0.05, 0.1) is 7.11 Å². The normalized spacial score (nSPS) is 11.2. The standard InChI is InChI=1S/C14H21NO3/c1-9-6-11(12(18-5)7-10(9)2)14(3,4)8-15-13(16)17/h6-7,15H,8H2,1-5H3,(H,16,17). The molecule has 0 bridgehead atoms. The van der Waals surface area contributed by atoms with E-state index in [4.69, 9.17) is 9.84 Å². The minimum atomic E-state index is -1.01. The number of amides is 1. The van der Waals surface area contributed by atoms with Crippen LogP contribution in [0.4, 0.5) is 4.79 Å². The van der Waals surface area contributed by atoms with E-state index in [0.717, 1.165) is 16.9 Å². The van der Waals surface area contributed by atoms with Gasteiger partial charge in [-0.1, -0.05) is 19.9 Å². The summed E-state index contributed by atoms with van der Waals surface area (Å²) in [6, 6.07) is 4.06. The molecule has 100 valence electrons. The molecule has 1 amide bonds. The first kappa shape index (κ1) is 14.4. The molecule has 0 heterocycles. The van der Waals surface area contributed by atoms with Crippen LogP contribution in [0, 0.1) is 13.8 Å². The predicted molar refractivity (Wildman–Crippen MR) is 71.5 cm³/mol. The van der Waals surface area contributed by atoms with Crippen molar-refractivity contribution in [2.75, 3.05) is 13.7 Å². The van der Waals surface area contributed by atoms with Gasteiger partial charge in [-0.25, -0.2) is 4.79 Å². The van der Waals surface area contributed by atoms with Gasteiger partial charge in [-0.3, -0.25) is 0 Å². The summed E-state index contributed by atoms with van der Waals surface area (Å²) < 4.78 is 5.40. The molecule has 0 unspecified atom stereocenters. The molecule has 4 nitrogen and oxygen atoms in total. The maximum Gasteiger partial charge on any atom is 0.404 e. The van der Waals surface area contributed by atoms with Crippen molar-refractivity contribution in [1.82, 2.24) is 5.32 Å². The Bertz CT molecular complexity index is 453. The van der Waals surface area contributed by atoms with E-state index in [2.05, 4.69) is 11.4 Å². The maximum atomic E-state index is 10.6. The lowest BCUT2D eigenvalue weighted by molar-refractivity contribution is 0.191. The quantitative estimate of drug-likeness (QED) is 0.865. The van der Waals surface area contributed by atoms with Gasteiger partial charge in [0, 0.05) is 17.5 Å². The Labute approximate surface area is 108 Å². The molecule has 0 saturated carbocycles. The highest BCUT2D eigenvalue weighted by Gasteiger charge is 2.25. The zero-order chi connectivity index (χ0) is 13.9. The molecular weight excluding hydrogens is 230 g/mol. The third kappa shape index (κ3) is 3.15. The number of rotatable bonds is 4. The molecule has 0 aromatic heterocycles. The molecule has 0 aliphatic heterocycles. The SMILES string of the molecule is COc1cc(C)c(C)cc1C(C)(C)CNC(=O)O. The number of carbonyl (C=O) groups is 1. The van der Waals surface area contributed by atoms with Gasteiger partial charge < -0.3 is 15.2 Å². The molecule has 0 fully saturated rings. The van der Waals surface area contributed by atoms with Crippen LogP contribution in [0.2, 0.25) is 0 Å². The van der Waals surface area contributed by atoms with Crippen molar-refractivity contribution in [3.05, 3.63) is 28.8 Å². The Morgan fingerprint density at radius 2 is 1.89 bits per heavy atom. The number of nitrogens with one attached hydrogen (secondary N) is 1. The second-order valence-electron chi connectivity index (χ2n) is 5.18. The Morgan fingerprint density at radius 1 is 1.33 bits per heavy atom. The number of ether oxygens (including phenoxy) is 1. The molecule has 0 radical (unpaired) electrons. The zero-order valence-electron chi connectivity index (χ0n) is 11.6. The minimum Gasteiger partial charge on any atom is -0.496 e. The van der Waals surface area contributed by atoms with Crippen LogP contribution in [0.15, 0.2) is 12.1 Å². The number of aryl methyl sites for hydroxylation is 2. The van der Waals surface area contributed by atoms with Crippen molar-refractivity contribution < 1.29 is 14.6 Å². The van der Waals surface area contributed by atoms with Crippen molar-refractivity contribution in [3.8, 4) is 5.75 Å². The lowest BCUT2D eigenvalue weighted by Gasteiger charge is -2.27.